The average Bonchev–Trinajstić information content (AvgIpc) is 2.82. The molecule has 1 aliphatic rings. The molecule has 0 amide bonds. The van der Waals surface area contributed by atoms with Crippen molar-refractivity contribution in [1.29, 1.82) is 5.26 Å². The lowest BCUT2D eigenvalue weighted by molar-refractivity contribution is 0.549. The van der Waals surface area contributed by atoms with Crippen molar-refractivity contribution in [2.45, 2.75) is 12.8 Å². The Balaban J connectivity index is 1.82. The Labute approximate surface area is 110 Å². The van der Waals surface area contributed by atoms with E-state index in [9.17, 15) is 0 Å². The van der Waals surface area contributed by atoms with Gasteiger partial charge in [-0.15, -0.1) is 0 Å². The van der Waals surface area contributed by atoms with Crippen LogP contribution in [0, 0.1) is 17.2 Å². The van der Waals surface area contributed by atoms with Gasteiger partial charge < -0.3 is 10.6 Å². The van der Waals surface area contributed by atoms with E-state index < -0.39 is 0 Å². The van der Waals surface area contributed by atoms with E-state index in [0.717, 1.165) is 35.7 Å². The van der Waals surface area contributed by atoms with Crippen LogP contribution < -0.4 is 10.6 Å². The molecule has 2 N–H and O–H groups in total. The van der Waals surface area contributed by atoms with E-state index in [4.69, 9.17) is 5.26 Å². The van der Waals surface area contributed by atoms with Gasteiger partial charge in [0, 0.05) is 16.7 Å². The van der Waals surface area contributed by atoms with Crippen LogP contribution in [0.5, 0.6) is 0 Å². The maximum atomic E-state index is 8.82. The summed E-state index contributed by atoms with van der Waals surface area (Å²) < 4.78 is 0.854. The predicted octanol–water partition coefficient (Wildman–Crippen LogP) is 2.73. The summed E-state index contributed by atoms with van der Waals surface area (Å²) in [5, 5.41) is 15.6. The molecule has 1 heterocycles. The molecule has 1 atom stereocenters. The van der Waals surface area contributed by atoms with Gasteiger partial charge >= 0.3 is 0 Å². The molecular weight excluding hydrogens is 278 g/mol. The van der Waals surface area contributed by atoms with E-state index in [0.29, 0.717) is 5.56 Å². The lowest BCUT2D eigenvalue weighted by Crippen LogP contribution is -2.12. The highest BCUT2D eigenvalue weighted by molar-refractivity contribution is 9.10. The van der Waals surface area contributed by atoms with E-state index in [-0.39, 0.29) is 0 Å². The molecule has 1 saturated heterocycles. The molecule has 1 unspecified atom stereocenters. The number of halogens is 1. The van der Waals surface area contributed by atoms with Crippen molar-refractivity contribution in [3.63, 3.8) is 0 Å². The second kappa shape index (κ2) is 6.04. The Morgan fingerprint density at radius 3 is 3.06 bits per heavy atom. The summed E-state index contributed by atoms with van der Waals surface area (Å²) in [6.45, 7) is 3.30. The molecule has 0 bridgehead atoms. The van der Waals surface area contributed by atoms with Gasteiger partial charge in [0.25, 0.3) is 0 Å². The van der Waals surface area contributed by atoms with Crippen LogP contribution in [0.4, 0.5) is 5.69 Å². The molecule has 0 radical (unpaired) electrons. The number of nitriles is 1. The van der Waals surface area contributed by atoms with Crippen molar-refractivity contribution in [3.8, 4) is 6.07 Å². The largest absolute Gasteiger partial charge is 0.385 e. The fourth-order valence-corrected chi connectivity index (χ4v) is 2.56. The van der Waals surface area contributed by atoms with Crippen molar-refractivity contribution >= 4 is 21.6 Å². The second-order valence-corrected chi connectivity index (χ2v) is 5.24. The van der Waals surface area contributed by atoms with Gasteiger partial charge in [0.05, 0.1) is 5.56 Å². The van der Waals surface area contributed by atoms with Crippen LogP contribution >= 0.6 is 15.9 Å². The van der Waals surface area contributed by atoms with Crippen LogP contribution in [0.25, 0.3) is 0 Å². The zero-order valence-corrected chi connectivity index (χ0v) is 11.3. The van der Waals surface area contributed by atoms with Crippen LogP contribution in [-0.4, -0.2) is 19.6 Å². The molecule has 0 aromatic heterocycles. The number of nitrogens with zero attached hydrogens (tertiary/aromatic N) is 1. The fraction of sp³-hybridized carbons (Fsp3) is 0.462. The van der Waals surface area contributed by atoms with E-state index in [1.807, 2.05) is 18.2 Å². The van der Waals surface area contributed by atoms with Gasteiger partial charge in [0.15, 0.2) is 0 Å². The third-order valence-corrected chi connectivity index (χ3v) is 3.79. The lowest BCUT2D eigenvalue weighted by atomic mass is 10.1. The highest BCUT2D eigenvalue weighted by atomic mass is 79.9. The molecule has 0 saturated carbocycles. The topological polar surface area (TPSA) is 47.9 Å². The predicted molar refractivity (Wildman–Crippen MR) is 72.9 cm³/mol. The van der Waals surface area contributed by atoms with Crippen molar-refractivity contribution in [3.05, 3.63) is 28.2 Å². The van der Waals surface area contributed by atoms with Crippen molar-refractivity contribution in [2.75, 3.05) is 25.0 Å². The molecule has 1 aromatic carbocycles. The third kappa shape index (κ3) is 3.45. The lowest BCUT2D eigenvalue weighted by Gasteiger charge is -2.10. The monoisotopic (exact) mass is 293 g/mol. The fourth-order valence-electron chi connectivity index (χ4n) is 2.10. The van der Waals surface area contributed by atoms with Crippen LogP contribution in [0.1, 0.15) is 18.4 Å². The van der Waals surface area contributed by atoms with Crippen molar-refractivity contribution in [2.24, 2.45) is 5.92 Å². The first-order valence-corrected chi connectivity index (χ1v) is 6.73. The SMILES string of the molecule is N#Cc1ccc(NCCC2CCNC2)cc1Br. The number of rotatable bonds is 4. The number of hydrogen-bond donors (Lipinski definition) is 2. The highest BCUT2D eigenvalue weighted by Crippen LogP contribution is 2.21. The maximum Gasteiger partial charge on any atom is 0.100 e. The van der Waals surface area contributed by atoms with Crippen molar-refractivity contribution < 1.29 is 0 Å². The molecule has 17 heavy (non-hydrogen) atoms. The van der Waals surface area contributed by atoms with Crippen LogP contribution in [-0.2, 0) is 0 Å². The number of hydrogen-bond acceptors (Lipinski definition) is 3. The van der Waals surface area contributed by atoms with Gasteiger partial charge in [-0.3, -0.25) is 0 Å². The normalized spacial score (nSPS) is 18.9. The molecular formula is C13H16BrN3. The smallest absolute Gasteiger partial charge is 0.100 e. The molecule has 1 aromatic rings. The summed E-state index contributed by atoms with van der Waals surface area (Å²) in [4.78, 5) is 0. The Kier molecular flexibility index (Phi) is 4.41. The Hall–Kier alpha value is -1.05. The summed E-state index contributed by atoms with van der Waals surface area (Å²) in [5.41, 5.74) is 1.75. The van der Waals surface area contributed by atoms with E-state index >= 15 is 0 Å². The Bertz CT molecular complexity index is 419. The molecule has 1 fully saturated rings. The van der Waals surface area contributed by atoms with Crippen LogP contribution in [0.15, 0.2) is 22.7 Å². The van der Waals surface area contributed by atoms with Gasteiger partial charge in [-0.25, -0.2) is 0 Å². The van der Waals surface area contributed by atoms with Gasteiger partial charge in [0.2, 0.25) is 0 Å². The molecule has 4 heteroatoms. The average molecular weight is 294 g/mol. The van der Waals surface area contributed by atoms with Gasteiger partial charge in [-0.2, -0.15) is 5.26 Å². The van der Waals surface area contributed by atoms with Gasteiger partial charge in [0.1, 0.15) is 6.07 Å². The van der Waals surface area contributed by atoms with Crippen LogP contribution in [0.3, 0.4) is 0 Å². The van der Waals surface area contributed by atoms with E-state index in [1.165, 1.54) is 12.8 Å². The summed E-state index contributed by atoms with van der Waals surface area (Å²) >= 11 is 3.39. The highest BCUT2D eigenvalue weighted by Gasteiger charge is 2.13. The molecule has 90 valence electrons. The Morgan fingerprint density at radius 1 is 1.53 bits per heavy atom. The molecule has 2 rings (SSSR count). The number of benzene rings is 1. The van der Waals surface area contributed by atoms with Crippen molar-refractivity contribution in [1.82, 2.24) is 5.32 Å². The number of nitrogens with one attached hydrogen (secondary N) is 2. The zero-order valence-electron chi connectivity index (χ0n) is 9.67. The molecule has 1 aliphatic heterocycles. The number of anilines is 1. The minimum Gasteiger partial charge on any atom is -0.385 e. The first-order chi connectivity index (χ1) is 8.29. The Morgan fingerprint density at radius 2 is 2.41 bits per heavy atom. The summed E-state index contributed by atoms with van der Waals surface area (Å²) in [5.74, 6) is 0.810. The summed E-state index contributed by atoms with van der Waals surface area (Å²) in [6, 6.07) is 7.90. The summed E-state index contributed by atoms with van der Waals surface area (Å²) in [7, 11) is 0. The molecule has 3 nitrogen and oxygen atoms in total. The van der Waals surface area contributed by atoms with E-state index in [1.54, 1.807) is 0 Å². The summed E-state index contributed by atoms with van der Waals surface area (Å²) in [6.07, 6.45) is 2.49. The van der Waals surface area contributed by atoms with Gasteiger partial charge in [-0.05, 0) is 66.0 Å². The molecule has 0 spiro atoms. The first kappa shape index (κ1) is 12.4. The maximum absolute atomic E-state index is 8.82. The quantitative estimate of drug-likeness (QED) is 0.897. The third-order valence-electron chi connectivity index (χ3n) is 3.13. The zero-order chi connectivity index (χ0) is 12.1. The van der Waals surface area contributed by atoms with Crippen LogP contribution in [0.2, 0.25) is 0 Å². The standard InChI is InChI=1S/C13H16BrN3/c14-13-7-12(2-1-11(13)8-15)17-6-4-10-3-5-16-9-10/h1-2,7,10,16-17H,3-6,9H2. The van der Waals surface area contributed by atoms with Gasteiger partial charge in [-0.1, -0.05) is 0 Å². The minimum absolute atomic E-state index is 0.676. The molecule has 0 aliphatic carbocycles. The second-order valence-electron chi connectivity index (χ2n) is 4.38. The minimum atomic E-state index is 0.676. The van der Waals surface area contributed by atoms with E-state index in [2.05, 4.69) is 32.6 Å². The first-order valence-electron chi connectivity index (χ1n) is 5.94.